The molecule has 0 spiro atoms. The van der Waals surface area contributed by atoms with Crippen LogP contribution < -0.4 is 10.6 Å². The number of nitrogens with one attached hydrogen (secondary N) is 2. The van der Waals surface area contributed by atoms with Crippen LogP contribution in [0.15, 0.2) is 54.6 Å². The first-order valence-electron chi connectivity index (χ1n) is 6.80. The van der Waals surface area contributed by atoms with E-state index in [1.165, 1.54) is 0 Å². The van der Waals surface area contributed by atoms with Crippen molar-refractivity contribution < 1.29 is 4.79 Å². The zero-order valence-corrected chi connectivity index (χ0v) is 12.0. The number of anilines is 1. The van der Waals surface area contributed by atoms with Gasteiger partial charge in [0.2, 0.25) is 5.91 Å². The van der Waals surface area contributed by atoms with E-state index in [1.807, 2.05) is 61.5 Å². The smallest absolute Gasteiger partial charge is 0.246 e. The van der Waals surface area contributed by atoms with Gasteiger partial charge in [0.15, 0.2) is 0 Å². The standard InChI is InChI=1S/C18H18N2O/c1-3-13-19-17(15-7-5-4-6-8-15)18(21)20-16-11-9-14(2)10-12-16/h1,4-12,17,19H,13H2,2H3,(H,20,21)/t17-/m0/s1. The minimum absolute atomic E-state index is 0.125. The number of hydrogen-bond acceptors (Lipinski definition) is 2. The van der Waals surface area contributed by atoms with Gasteiger partial charge in [0.1, 0.15) is 6.04 Å². The topological polar surface area (TPSA) is 41.1 Å². The van der Waals surface area contributed by atoms with Gasteiger partial charge in [0.25, 0.3) is 0 Å². The molecular weight excluding hydrogens is 260 g/mol. The minimum Gasteiger partial charge on any atom is -0.324 e. The first-order chi connectivity index (χ1) is 10.2. The summed E-state index contributed by atoms with van der Waals surface area (Å²) < 4.78 is 0. The van der Waals surface area contributed by atoms with Crippen LogP contribution >= 0.6 is 0 Å². The monoisotopic (exact) mass is 278 g/mol. The second kappa shape index (κ2) is 7.28. The summed E-state index contributed by atoms with van der Waals surface area (Å²) in [6.07, 6.45) is 5.28. The Bertz CT molecular complexity index is 627. The second-order valence-electron chi connectivity index (χ2n) is 4.78. The fraction of sp³-hybridized carbons (Fsp3) is 0.167. The van der Waals surface area contributed by atoms with Crippen LogP contribution in [0.4, 0.5) is 5.69 Å². The Morgan fingerprint density at radius 3 is 2.43 bits per heavy atom. The maximum Gasteiger partial charge on any atom is 0.246 e. The third-order valence-corrected chi connectivity index (χ3v) is 3.12. The number of carbonyl (C=O) groups is 1. The minimum atomic E-state index is -0.469. The lowest BCUT2D eigenvalue weighted by atomic mass is 10.1. The van der Waals surface area contributed by atoms with Crippen LogP contribution in [-0.2, 0) is 4.79 Å². The first kappa shape index (κ1) is 14.8. The highest BCUT2D eigenvalue weighted by molar-refractivity contribution is 5.95. The lowest BCUT2D eigenvalue weighted by Gasteiger charge is -2.17. The van der Waals surface area contributed by atoms with Crippen LogP contribution in [0.25, 0.3) is 0 Å². The largest absolute Gasteiger partial charge is 0.324 e. The first-order valence-corrected chi connectivity index (χ1v) is 6.80. The molecule has 0 saturated carbocycles. The van der Waals surface area contributed by atoms with E-state index in [0.29, 0.717) is 6.54 Å². The molecule has 3 nitrogen and oxygen atoms in total. The molecule has 0 aromatic heterocycles. The van der Waals surface area contributed by atoms with E-state index in [1.54, 1.807) is 0 Å². The zero-order chi connectivity index (χ0) is 15.1. The van der Waals surface area contributed by atoms with Gasteiger partial charge in [-0.1, -0.05) is 53.9 Å². The van der Waals surface area contributed by atoms with Crippen LogP contribution in [-0.4, -0.2) is 12.5 Å². The molecule has 1 atom stereocenters. The molecule has 0 aliphatic heterocycles. The Labute approximate surface area is 125 Å². The van der Waals surface area contributed by atoms with Gasteiger partial charge in [-0.15, -0.1) is 6.42 Å². The van der Waals surface area contributed by atoms with Crippen molar-refractivity contribution in [2.75, 3.05) is 11.9 Å². The van der Waals surface area contributed by atoms with E-state index in [-0.39, 0.29) is 5.91 Å². The number of amides is 1. The molecule has 21 heavy (non-hydrogen) atoms. The van der Waals surface area contributed by atoms with Crippen molar-refractivity contribution in [2.45, 2.75) is 13.0 Å². The van der Waals surface area contributed by atoms with Crippen LogP contribution in [0, 0.1) is 19.3 Å². The van der Waals surface area contributed by atoms with Gasteiger partial charge >= 0.3 is 0 Å². The van der Waals surface area contributed by atoms with Gasteiger partial charge in [0, 0.05) is 5.69 Å². The van der Waals surface area contributed by atoms with Crippen molar-refractivity contribution in [2.24, 2.45) is 0 Å². The predicted molar refractivity (Wildman–Crippen MR) is 85.8 cm³/mol. The fourth-order valence-electron chi connectivity index (χ4n) is 2.02. The summed E-state index contributed by atoms with van der Waals surface area (Å²) in [7, 11) is 0. The van der Waals surface area contributed by atoms with Gasteiger partial charge in [-0.25, -0.2) is 0 Å². The molecule has 0 aliphatic rings. The quantitative estimate of drug-likeness (QED) is 0.826. The fourth-order valence-corrected chi connectivity index (χ4v) is 2.02. The molecule has 106 valence electrons. The Morgan fingerprint density at radius 1 is 1.14 bits per heavy atom. The van der Waals surface area contributed by atoms with E-state index >= 15 is 0 Å². The van der Waals surface area contributed by atoms with Gasteiger partial charge in [-0.3, -0.25) is 10.1 Å². The highest BCUT2D eigenvalue weighted by Gasteiger charge is 2.19. The number of benzene rings is 2. The van der Waals surface area contributed by atoms with E-state index in [0.717, 1.165) is 16.8 Å². The highest BCUT2D eigenvalue weighted by atomic mass is 16.2. The van der Waals surface area contributed by atoms with Crippen molar-refractivity contribution in [3.8, 4) is 12.3 Å². The average molecular weight is 278 g/mol. The molecule has 3 heteroatoms. The van der Waals surface area contributed by atoms with Crippen LogP contribution in [0.3, 0.4) is 0 Å². The molecule has 0 saturated heterocycles. The number of hydrogen-bond donors (Lipinski definition) is 2. The Kier molecular flexibility index (Phi) is 5.14. The van der Waals surface area contributed by atoms with Crippen molar-refractivity contribution in [1.82, 2.24) is 5.32 Å². The Hall–Kier alpha value is -2.57. The van der Waals surface area contributed by atoms with Crippen LogP contribution in [0.5, 0.6) is 0 Å². The Balaban J connectivity index is 2.14. The Morgan fingerprint density at radius 2 is 1.81 bits per heavy atom. The maximum absolute atomic E-state index is 12.5. The van der Waals surface area contributed by atoms with E-state index in [9.17, 15) is 4.79 Å². The normalized spacial score (nSPS) is 11.4. The number of aryl methyl sites for hydroxylation is 1. The summed E-state index contributed by atoms with van der Waals surface area (Å²) in [5.41, 5.74) is 2.81. The number of rotatable bonds is 5. The molecule has 1 amide bonds. The van der Waals surface area contributed by atoms with Crippen molar-refractivity contribution in [1.29, 1.82) is 0 Å². The van der Waals surface area contributed by atoms with Crippen molar-refractivity contribution >= 4 is 11.6 Å². The summed E-state index contributed by atoms with van der Waals surface area (Å²) >= 11 is 0. The van der Waals surface area contributed by atoms with E-state index in [4.69, 9.17) is 6.42 Å². The van der Waals surface area contributed by atoms with Gasteiger partial charge < -0.3 is 5.32 Å². The zero-order valence-electron chi connectivity index (χ0n) is 12.0. The molecule has 0 heterocycles. The van der Waals surface area contributed by atoms with Crippen molar-refractivity contribution in [3.05, 3.63) is 65.7 Å². The second-order valence-corrected chi connectivity index (χ2v) is 4.78. The van der Waals surface area contributed by atoms with Crippen molar-refractivity contribution in [3.63, 3.8) is 0 Å². The third-order valence-electron chi connectivity index (χ3n) is 3.12. The number of carbonyl (C=O) groups excluding carboxylic acids is 1. The van der Waals surface area contributed by atoms with Gasteiger partial charge in [-0.05, 0) is 24.6 Å². The molecule has 2 rings (SSSR count). The summed E-state index contributed by atoms with van der Waals surface area (Å²) in [5.74, 6) is 2.38. The summed E-state index contributed by atoms with van der Waals surface area (Å²) in [6, 6.07) is 16.8. The van der Waals surface area contributed by atoms with E-state index in [2.05, 4.69) is 16.6 Å². The maximum atomic E-state index is 12.5. The lowest BCUT2D eigenvalue weighted by Crippen LogP contribution is -2.33. The summed E-state index contributed by atoms with van der Waals surface area (Å²) in [6.45, 7) is 2.34. The predicted octanol–water partition coefficient (Wildman–Crippen LogP) is 2.90. The highest BCUT2D eigenvalue weighted by Crippen LogP contribution is 2.16. The third kappa shape index (κ3) is 4.20. The molecule has 2 aromatic carbocycles. The molecule has 0 aliphatic carbocycles. The summed E-state index contributed by atoms with van der Waals surface area (Å²) in [4.78, 5) is 12.5. The molecule has 0 bridgehead atoms. The SMILES string of the molecule is C#CCN[C@H](C(=O)Nc1ccc(C)cc1)c1ccccc1. The lowest BCUT2D eigenvalue weighted by molar-refractivity contribution is -0.118. The van der Waals surface area contributed by atoms with Crippen LogP contribution in [0.1, 0.15) is 17.2 Å². The molecule has 0 radical (unpaired) electrons. The molecule has 2 N–H and O–H groups in total. The molecular formula is C18H18N2O. The van der Waals surface area contributed by atoms with E-state index < -0.39 is 6.04 Å². The van der Waals surface area contributed by atoms with Crippen LogP contribution in [0.2, 0.25) is 0 Å². The molecule has 0 unspecified atom stereocenters. The molecule has 2 aromatic rings. The van der Waals surface area contributed by atoms with Gasteiger partial charge in [-0.2, -0.15) is 0 Å². The summed E-state index contributed by atoms with van der Waals surface area (Å²) in [5, 5.41) is 5.98. The molecule has 0 fully saturated rings. The van der Waals surface area contributed by atoms with Gasteiger partial charge in [0.05, 0.1) is 6.54 Å². The number of terminal acetylenes is 1. The average Bonchev–Trinajstić information content (AvgIpc) is 2.51.